The number of pyridine rings is 2. The van der Waals surface area contributed by atoms with Crippen LogP contribution in [0.3, 0.4) is 0 Å². The van der Waals surface area contributed by atoms with Crippen molar-refractivity contribution in [3.8, 4) is 22.5 Å². The molecular formula is C36H36IrN2OSi-2. The van der Waals surface area contributed by atoms with Crippen LogP contribution >= 0.6 is 0 Å². The van der Waals surface area contributed by atoms with Gasteiger partial charge in [0.2, 0.25) is 0 Å². The summed E-state index contributed by atoms with van der Waals surface area (Å²) in [6.45, 7) is -1.41. The first-order valence-corrected chi connectivity index (χ1v) is 16.5. The number of rotatable bonds is 3. The molecule has 3 nitrogen and oxygen atoms in total. The Kier molecular flexibility index (Phi) is 6.12. The van der Waals surface area contributed by atoms with E-state index < -0.39 is 34.0 Å². The third-order valence-corrected chi connectivity index (χ3v) is 8.62. The molecule has 0 amide bonds. The molecule has 0 saturated heterocycles. The summed E-state index contributed by atoms with van der Waals surface area (Å²) in [4.78, 5) is 8.63. The number of aromatic nitrogens is 2. The predicted molar refractivity (Wildman–Crippen MR) is 171 cm³/mol. The average Bonchev–Trinajstić information content (AvgIpc) is 3.39. The molecule has 211 valence electrons. The Morgan fingerprint density at radius 1 is 0.854 bits per heavy atom. The van der Waals surface area contributed by atoms with E-state index in [2.05, 4.69) is 54.7 Å². The summed E-state index contributed by atoms with van der Waals surface area (Å²) in [5.74, 6) is 0. The van der Waals surface area contributed by atoms with E-state index in [1.807, 2.05) is 66.9 Å². The third kappa shape index (κ3) is 6.76. The molecule has 0 bridgehead atoms. The monoisotopic (exact) mass is 742 g/mol. The summed E-state index contributed by atoms with van der Waals surface area (Å²) in [7, 11) is -1.85. The van der Waals surface area contributed by atoms with Gasteiger partial charge in [-0.3, -0.25) is 0 Å². The number of benzene rings is 3. The second kappa shape index (κ2) is 12.2. The van der Waals surface area contributed by atoms with Gasteiger partial charge in [0, 0.05) is 58.3 Å². The number of hydrogen-bond acceptors (Lipinski definition) is 3. The topological polar surface area (TPSA) is 38.9 Å². The van der Waals surface area contributed by atoms with Crippen molar-refractivity contribution in [3.05, 3.63) is 115 Å². The van der Waals surface area contributed by atoms with Crippen LogP contribution in [-0.2, 0) is 25.5 Å². The van der Waals surface area contributed by atoms with Gasteiger partial charge in [-0.15, -0.1) is 53.2 Å². The largest absolute Gasteiger partial charge is 0.501 e. The van der Waals surface area contributed by atoms with Crippen LogP contribution in [0, 0.1) is 19.1 Å². The van der Waals surface area contributed by atoms with E-state index in [4.69, 9.17) is 16.8 Å². The molecule has 0 saturated carbocycles. The molecule has 6 rings (SSSR count). The van der Waals surface area contributed by atoms with E-state index in [1.165, 1.54) is 17.8 Å². The Morgan fingerprint density at radius 3 is 2.29 bits per heavy atom. The van der Waals surface area contributed by atoms with Crippen molar-refractivity contribution >= 4 is 35.2 Å². The number of fused-ring (bicyclic) bond motifs is 3. The minimum absolute atomic E-state index is 0. The molecule has 0 aliphatic heterocycles. The maximum absolute atomic E-state index is 8.03. The smallest absolute Gasteiger partial charge is 0.120 e. The minimum Gasteiger partial charge on any atom is -0.501 e. The number of hydrogen-bond donors (Lipinski definition) is 0. The van der Waals surface area contributed by atoms with Gasteiger partial charge in [0.25, 0.3) is 0 Å². The summed E-state index contributed by atoms with van der Waals surface area (Å²) in [5, 5.41) is 2.93. The van der Waals surface area contributed by atoms with E-state index in [-0.39, 0.29) is 31.4 Å². The Labute approximate surface area is 271 Å². The molecule has 0 unspecified atom stereocenters. The van der Waals surface area contributed by atoms with Gasteiger partial charge in [-0.25, -0.2) is 0 Å². The fourth-order valence-electron chi connectivity index (χ4n) is 4.59. The zero-order valence-corrected chi connectivity index (χ0v) is 26.7. The normalized spacial score (nSPS) is 15.8. The molecule has 0 fully saturated rings. The molecule has 0 aliphatic carbocycles. The molecule has 0 N–H and O–H groups in total. The maximum Gasteiger partial charge on any atom is 0.120 e. The quantitative estimate of drug-likeness (QED) is 0.134. The van der Waals surface area contributed by atoms with Gasteiger partial charge < -0.3 is 14.4 Å². The second-order valence-corrected chi connectivity index (χ2v) is 15.8. The minimum atomic E-state index is -3.36. The summed E-state index contributed by atoms with van der Waals surface area (Å²) in [6, 6.07) is 30.1. The van der Waals surface area contributed by atoms with Crippen molar-refractivity contribution in [3.63, 3.8) is 0 Å². The summed E-state index contributed by atoms with van der Waals surface area (Å²) < 4.78 is 78.5. The molecule has 5 heteroatoms. The van der Waals surface area contributed by atoms with E-state index >= 15 is 0 Å². The van der Waals surface area contributed by atoms with Crippen molar-refractivity contribution < 1.29 is 36.9 Å². The van der Waals surface area contributed by atoms with Crippen LogP contribution in [0.25, 0.3) is 44.5 Å². The van der Waals surface area contributed by atoms with Gasteiger partial charge in [0.15, 0.2) is 0 Å². The van der Waals surface area contributed by atoms with Crippen LogP contribution in [-0.4, -0.2) is 18.0 Å². The molecule has 0 atom stereocenters. The van der Waals surface area contributed by atoms with Crippen molar-refractivity contribution in [2.24, 2.45) is 0 Å². The Morgan fingerprint density at radius 2 is 1.59 bits per heavy atom. The van der Waals surface area contributed by atoms with Gasteiger partial charge in [-0.05, 0) is 47.5 Å². The molecular weight excluding hydrogens is 697 g/mol. The second-order valence-electron chi connectivity index (χ2n) is 10.8. The van der Waals surface area contributed by atoms with E-state index in [1.54, 1.807) is 0 Å². The molecule has 41 heavy (non-hydrogen) atoms. The zero-order chi connectivity index (χ0) is 36.0. The molecule has 0 spiro atoms. The van der Waals surface area contributed by atoms with E-state index in [0.717, 1.165) is 33.3 Å². The van der Waals surface area contributed by atoms with Gasteiger partial charge in [-0.2, -0.15) is 0 Å². The Balaban J connectivity index is 0.000000335. The number of furan rings is 1. The first-order valence-electron chi connectivity index (χ1n) is 17.5. The van der Waals surface area contributed by atoms with Crippen LogP contribution in [0.1, 0.15) is 44.0 Å². The standard InChI is InChI=1S/C24H26NOSi.C12H10N.Ir/c1-24(2,3)16-13-14-25-19(15-16)17-11-12-21(27(4,5)6)22-18-9-7-8-10-20(18)26-23(17)22;1-10-7-8-13-12(9-10)11-5-3-2-4-6-11;/h7-10,12-15H,1-6H3;2-5,7-9H,1H3;/q2*-1;/i1D3,2D3,3D3;;. The summed E-state index contributed by atoms with van der Waals surface area (Å²) >= 11 is 0. The number of aryl methyl sites for hydroxylation is 1. The predicted octanol–water partition coefficient (Wildman–Crippen LogP) is 9.15. The fraction of sp³-hybridized carbons (Fsp3) is 0.222. The van der Waals surface area contributed by atoms with Gasteiger partial charge in [0.1, 0.15) is 5.58 Å². The molecule has 0 aliphatic rings. The first-order chi connectivity index (χ1) is 22.8. The Hall–Kier alpha value is -3.37. The fourth-order valence-corrected chi connectivity index (χ4v) is 6.09. The van der Waals surface area contributed by atoms with Crippen LogP contribution in [0.15, 0.2) is 95.7 Å². The van der Waals surface area contributed by atoms with Crippen molar-refractivity contribution in [2.45, 2.75) is 52.5 Å². The average molecular weight is 742 g/mol. The van der Waals surface area contributed by atoms with Gasteiger partial charge in [0.05, 0.1) is 5.58 Å². The van der Waals surface area contributed by atoms with Crippen molar-refractivity contribution in [1.82, 2.24) is 9.97 Å². The maximum atomic E-state index is 8.03. The van der Waals surface area contributed by atoms with E-state index in [0.29, 0.717) is 16.7 Å². The van der Waals surface area contributed by atoms with Crippen LogP contribution < -0.4 is 5.19 Å². The molecule has 3 heterocycles. The molecule has 3 aromatic heterocycles. The van der Waals surface area contributed by atoms with E-state index in [9.17, 15) is 0 Å². The molecule has 3 aromatic carbocycles. The van der Waals surface area contributed by atoms with Crippen LogP contribution in [0.4, 0.5) is 0 Å². The van der Waals surface area contributed by atoms with Crippen LogP contribution in [0.5, 0.6) is 0 Å². The summed E-state index contributed by atoms with van der Waals surface area (Å²) in [6.07, 6.45) is 3.06. The Bertz CT molecular complexity index is 2070. The SMILES string of the molecule is Cc1ccnc(-c2[c-]cccc2)c1.[2H]C([2H])([2H])C(c1ccnc(-c2[c-]cc([Si](C)(C)C)c3c2oc2ccccc23)c1)(C([2H])([2H])[2H])C([2H])([2H])[2H].[Ir]. The zero-order valence-electron chi connectivity index (χ0n) is 32.3. The van der Waals surface area contributed by atoms with Crippen molar-refractivity contribution in [1.29, 1.82) is 0 Å². The third-order valence-electron chi connectivity index (χ3n) is 6.61. The summed E-state index contributed by atoms with van der Waals surface area (Å²) in [5.41, 5.74) is 1.51. The van der Waals surface area contributed by atoms with Gasteiger partial charge in [-0.1, -0.05) is 87.0 Å². The first kappa shape index (κ1) is 20.5. The number of para-hydroxylation sites is 1. The molecule has 6 aromatic rings. The number of nitrogens with zero attached hydrogens (tertiary/aromatic N) is 2. The van der Waals surface area contributed by atoms with Crippen molar-refractivity contribution in [2.75, 3.05) is 0 Å². The molecule has 1 radical (unpaired) electrons. The van der Waals surface area contributed by atoms with Gasteiger partial charge >= 0.3 is 0 Å². The van der Waals surface area contributed by atoms with Crippen LogP contribution in [0.2, 0.25) is 19.6 Å².